The lowest BCUT2D eigenvalue weighted by molar-refractivity contribution is -0.225. The number of carbonyl (C=O) groups is 1. The number of hydrogen-bond donors (Lipinski definition) is 0. The summed E-state index contributed by atoms with van der Waals surface area (Å²) in [5.41, 5.74) is 0.257. The zero-order valence-electron chi connectivity index (χ0n) is 13.1. The van der Waals surface area contributed by atoms with E-state index in [0.29, 0.717) is 17.4 Å². The van der Waals surface area contributed by atoms with Crippen LogP contribution in [0.3, 0.4) is 0 Å². The monoisotopic (exact) mass is 336 g/mol. The molecule has 2 aliphatic heterocycles. The van der Waals surface area contributed by atoms with Crippen molar-refractivity contribution in [2.45, 2.75) is 36.7 Å². The van der Waals surface area contributed by atoms with Crippen molar-refractivity contribution in [3.63, 3.8) is 0 Å². The Hall–Kier alpha value is -1.44. The normalized spacial score (nSPS) is 24.2. The minimum absolute atomic E-state index is 0.0236. The van der Waals surface area contributed by atoms with E-state index in [1.807, 2.05) is 13.0 Å². The molecule has 0 aromatic heterocycles. The molecule has 0 unspecified atom stereocenters. The molecule has 1 amide bonds. The van der Waals surface area contributed by atoms with Gasteiger partial charge in [-0.3, -0.25) is 9.63 Å². The number of hydroxylamine groups is 2. The first-order chi connectivity index (χ1) is 10.9. The van der Waals surface area contributed by atoms with E-state index in [1.165, 1.54) is 9.37 Å². The van der Waals surface area contributed by atoms with Gasteiger partial charge in [0.05, 0.1) is 17.9 Å². The van der Waals surface area contributed by atoms with Gasteiger partial charge in [-0.25, -0.2) is 13.5 Å². The van der Waals surface area contributed by atoms with Gasteiger partial charge in [0.25, 0.3) is 0 Å². The van der Waals surface area contributed by atoms with Crippen LogP contribution in [-0.4, -0.2) is 48.9 Å². The lowest BCUT2D eigenvalue weighted by Crippen LogP contribution is -2.63. The number of carbonyl (C=O) groups excluding carboxylic acids is 1. The van der Waals surface area contributed by atoms with E-state index >= 15 is 0 Å². The average molecular weight is 336 g/mol. The van der Waals surface area contributed by atoms with Crippen molar-refractivity contribution in [1.29, 1.82) is 0 Å². The largest absolute Gasteiger partial charge is 0.272 e. The minimum atomic E-state index is -3.51. The molecular weight excluding hydrogens is 316 g/mol. The van der Waals surface area contributed by atoms with Crippen molar-refractivity contribution < 1.29 is 18.0 Å². The molecule has 7 heteroatoms. The van der Waals surface area contributed by atoms with Gasteiger partial charge < -0.3 is 0 Å². The highest BCUT2D eigenvalue weighted by atomic mass is 32.2. The van der Waals surface area contributed by atoms with Crippen molar-refractivity contribution >= 4 is 15.9 Å². The fourth-order valence-corrected chi connectivity index (χ4v) is 4.91. The zero-order valence-corrected chi connectivity index (χ0v) is 13.9. The molecule has 1 aromatic rings. The molecule has 1 spiro atoms. The Kier molecular flexibility index (Phi) is 3.30. The number of amides is 1. The van der Waals surface area contributed by atoms with Gasteiger partial charge in [0, 0.05) is 13.1 Å². The molecule has 3 aliphatic rings. The highest BCUT2D eigenvalue weighted by Crippen LogP contribution is 2.40. The maximum Gasteiger partial charge on any atom is 0.249 e. The molecule has 2 heterocycles. The summed E-state index contributed by atoms with van der Waals surface area (Å²) in [5, 5.41) is 1.45. The molecule has 1 saturated carbocycles. The third-order valence-electron chi connectivity index (χ3n) is 4.73. The SMILES string of the molecule is Cc1cccc(S(=O)(=O)N2CC3(CC(=O)N(CC4CC4)O3)C2)c1. The quantitative estimate of drug-likeness (QED) is 0.831. The molecule has 23 heavy (non-hydrogen) atoms. The molecule has 1 aromatic carbocycles. The van der Waals surface area contributed by atoms with Gasteiger partial charge in [-0.15, -0.1) is 0 Å². The summed E-state index contributed by atoms with van der Waals surface area (Å²) in [6.45, 7) is 3.00. The molecule has 124 valence electrons. The predicted molar refractivity (Wildman–Crippen MR) is 82.8 cm³/mol. The van der Waals surface area contributed by atoms with Crippen molar-refractivity contribution in [1.82, 2.24) is 9.37 Å². The van der Waals surface area contributed by atoms with E-state index in [0.717, 1.165) is 18.4 Å². The van der Waals surface area contributed by atoms with Crippen LogP contribution in [0.2, 0.25) is 0 Å². The number of sulfonamides is 1. The van der Waals surface area contributed by atoms with Crippen molar-refractivity contribution in [2.24, 2.45) is 5.92 Å². The molecule has 2 saturated heterocycles. The molecule has 4 rings (SSSR count). The zero-order chi connectivity index (χ0) is 16.2. The first kappa shape index (κ1) is 15.1. The molecule has 0 N–H and O–H groups in total. The Bertz CT molecular complexity index is 751. The van der Waals surface area contributed by atoms with Crippen LogP contribution in [0.15, 0.2) is 29.2 Å². The van der Waals surface area contributed by atoms with Gasteiger partial charge in [0.1, 0.15) is 5.60 Å². The van der Waals surface area contributed by atoms with Crippen LogP contribution >= 0.6 is 0 Å². The standard InChI is InChI=1S/C16H20N2O4S/c1-12-3-2-4-14(7-12)23(20,21)17-10-16(11-17)8-15(19)18(22-16)9-13-5-6-13/h2-4,7,13H,5-6,8-11H2,1H3. The topological polar surface area (TPSA) is 66.9 Å². The molecule has 0 radical (unpaired) electrons. The van der Waals surface area contributed by atoms with Gasteiger partial charge in [-0.1, -0.05) is 12.1 Å². The number of benzene rings is 1. The predicted octanol–water partition coefficient (Wildman–Crippen LogP) is 1.31. The fourth-order valence-electron chi connectivity index (χ4n) is 3.22. The Morgan fingerprint density at radius 3 is 2.70 bits per heavy atom. The maximum absolute atomic E-state index is 12.6. The summed E-state index contributed by atoms with van der Waals surface area (Å²) >= 11 is 0. The Balaban J connectivity index is 1.45. The van der Waals surface area contributed by atoms with E-state index in [1.54, 1.807) is 18.2 Å². The van der Waals surface area contributed by atoms with Gasteiger partial charge in [0.2, 0.25) is 15.9 Å². The van der Waals surface area contributed by atoms with Crippen molar-refractivity contribution in [2.75, 3.05) is 19.6 Å². The summed E-state index contributed by atoms with van der Waals surface area (Å²) in [5.74, 6) is 0.533. The van der Waals surface area contributed by atoms with Crippen LogP contribution in [0.25, 0.3) is 0 Å². The van der Waals surface area contributed by atoms with Crippen LogP contribution in [0.4, 0.5) is 0 Å². The molecule has 6 nitrogen and oxygen atoms in total. The Labute approximate surface area is 136 Å². The molecule has 0 bridgehead atoms. The lowest BCUT2D eigenvalue weighted by Gasteiger charge is -2.44. The molecule has 3 fully saturated rings. The fraction of sp³-hybridized carbons (Fsp3) is 0.562. The summed E-state index contributed by atoms with van der Waals surface area (Å²) in [7, 11) is -3.51. The van der Waals surface area contributed by atoms with Gasteiger partial charge in [-0.05, 0) is 43.4 Å². The number of rotatable bonds is 4. The number of nitrogens with zero attached hydrogens (tertiary/aromatic N) is 2. The third-order valence-corrected chi connectivity index (χ3v) is 6.52. The summed E-state index contributed by atoms with van der Waals surface area (Å²) in [4.78, 5) is 18.2. The van der Waals surface area contributed by atoms with Crippen LogP contribution in [0, 0.1) is 12.8 Å². The minimum Gasteiger partial charge on any atom is -0.272 e. The summed E-state index contributed by atoms with van der Waals surface area (Å²) in [6.07, 6.45) is 2.57. The summed E-state index contributed by atoms with van der Waals surface area (Å²) < 4.78 is 26.7. The second-order valence-electron chi connectivity index (χ2n) is 6.94. The van der Waals surface area contributed by atoms with Crippen LogP contribution in [-0.2, 0) is 19.7 Å². The Morgan fingerprint density at radius 2 is 2.04 bits per heavy atom. The molecule has 0 atom stereocenters. The average Bonchev–Trinajstić information content (AvgIpc) is 3.20. The van der Waals surface area contributed by atoms with E-state index in [4.69, 9.17) is 4.84 Å². The first-order valence-corrected chi connectivity index (χ1v) is 9.38. The van der Waals surface area contributed by atoms with Crippen LogP contribution in [0.5, 0.6) is 0 Å². The maximum atomic E-state index is 12.6. The highest BCUT2D eigenvalue weighted by molar-refractivity contribution is 7.89. The van der Waals surface area contributed by atoms with E-state index in [-0.39, 0.29) is 25.4 Å². The number of hydrogen-bond acceptors (Lipinski definition) is 4. The third kappa shape index (κ3) is 2.66. The Morgan fingerprint density at radius 1 is 1.30 bits per heavy atom. The molecular formula is C16H20N2O4S. The van der Waals surface area contributed by atoms with Crippen LogP contribution in [0.1, 0.15) is 24.8 Å². The van der Waals surface area contributed by atoms with Crippen molar-refractivity contribution in [3.05, 3.63) is 29.8 Å². The highest BCUT2D eigenvalue weighted by Gasteiger charge is 2.57. The van der Waals surface area contributed by atoms with Crippen molar-refractivity contribution in [3.8, 4) is 0 Å². The lowest BCUT2D eigenvalue weighted by atomic mass is 9.94. The van der Waals surface area contributed by atoms with Gasteiger partial charge in [-0.2, -0.15) is 4.31 Å². The van der Waals surface area contributed by atoms with E-state index in [2.05, 4.69) is 0 Å². The van der Waals surface area contributed by atoms with Gasteiger partial charge >= 0.3 is 0 Å². The first-order valence-electron chi connectivity index (χ1n) is 7.94. The second-order valence-corrected chi connectivity index (χ2v) is 8.88. The second kappa shape index (κ2) is 5.03. The number of aryl methyl sites for hydroxylation is 1. The van der Waals surface area contributed by atoms with E-state index < -0.39 is 15.6 Å². The summed E-state index contributed by atoms with van der Waals surface area (Å²) in [6, 6.07) is 6.88. The van der Waals surface area contributed by atoms with Gasteiger partial charge in [0.15, 0.2) is 0 Å². The van der Waals surface area contributed by atoms with E-state index in [9.17, 15) is 13.2 Å². The van der Waals surface area contributed by atoms with Crippen LogP contribution < -0.4 is 0 Å². The smallest absolute Gasteiger partial charge is 0.249 e. The molecule has 1 aliphatic carbocycles.